The zero-order chi connectivity index (χ0) is 15.4. The first kappa shape index (κ1) is 20.2. The van der Waals surface area contributed by atoms with E-state index in [-0.39, 0.29) is 24.8 Å². The summed E-state index contributed by atoms with van der Waals surface area (Å²) in [5.41, 5.74) is 5.94. The van der Waals surface area contributed by atoms with Crippen molar-refractivity contribution in [2.75, 3.05) is 25.5 Å². The van der Waals surface area contributed by atoms with Crippen LogP contribution in [0.1, 0.15) is 24.0 Å². The van der Waals surface area contributed by atoms with Crippen LogP contribution < -0.4 is 4.90 Å². The fourth-order valence-corrected chi connectivity index (χ4v) is 2.67. The van der Waals surface area contributed by atoms with Gasteiger partial charge in [-0.1, -0.05) is 12.1 Å². The van der Waals surface area contributed by atoms with E-state index >= 15 is 0 Å². The number of aliphatic imine (C=N–C) groups is 1. The summed E-state index contributed by atoms with van der Waals surface area (Å²) >= 11 is 0. The van der Waals surface area contributed by atoms with Crippen LogP contribution in [-0.2, 0) is 0 Å². The van der Waals surface area contributed by atoms with Gasteiger partial charge in [-0.2, -0.15) is 0 Å². The molecule has 2 aromatic rings. The summed E-state index contributed by atoms with van der Waals surface area (Å²) in [6.45, 7) is 0.904. The predicted octanol–water partition coefficient (Wildman–Crippen LogP) is 4.66. The number of halogens is 2. The molecule has 0 amide bonds. The molecule has 0 bridgehead atoms. The van der Waals surface area contributed by atoms with Gasteiger partial charge >= 0.3 is 0 Å². The third kappa shape index (κ3) is 4.83. The van der Waals surface area contributed by atoms with Crippen molar-refractivity contribution in [3.8, 4) is 0 Å². The van der Waals surface area contributed by atoms with Gasteiger partial charge in [0.15, 0.2) is 0 Å². The van der Waals surface area contributed by atoms with Crippen LogP contribution in [0.2, 0.25) is 0 Å². The van der Waals surface area contributed by atoms with Crippen molar-refractivity contribution in [3.05, 3.63) is 65.5 Å². The highest BCUT2D eigenvalue weighted by atomic mass is 35.5. The average molecular weight is 364 g/mol. The first-order valence-corrected chi connectivity index (χ1v) is 7.67. The second-order valence-corrected chi connectivity index (χ2v) is 5.73. The van der Waals surface area contributed by atoms with E-state index in [1.165, 1.54) is 16.8 Å². The molecule has 24 heavy (non-hydrogen) atoms. The van der Waals surface area contributed by atoms with Gasteiger partial charge in [0.1, 0.15) is 0 Å². The maximum Gasteiger partial charge on any atom is 0.0694 e. The van der Waals surface area contributed by atoms with E-state index in [2.05, 4.69) is 60.4 Å². The standard InChI is InChI=1S/C19H21N3.2ClH/c1-22(2)18-9-7-15(8-10-18)13-16-5-4-12-21-19(16)17-6-3-11-20-14-17;;/h3,6-11,13-14H,4-5,12H2,1-2H3;2*1H. The number of benzene rings is 1. The molecule has 0 radical (unpaired) electrons. The van der Waals surface area contributed by atoms with Crippen LogP contribution in [0.4, 0.5) is 5.69 Å². The lowest BCUT2D eigenvalue weighted by molar-refractivity contribution is 0.818. The number of nitrogens with zero attached hydrogens (tertiary/aromatic N) is 3. The zero-order valence-electron chi connectivity index (χ0n) is 14.0. The summed E-state index contributed by atoms with van der Waals surface area (Å²) in [4.78, 5) is 11.1. The van der Waals surface area contributed by atoms with Crippen molar-refractivity contribution in [1.29, 1.82) is 0 Å². The van der Waals surface area contributed by atoms with Crippen molar-refractivity contribution in [2.45, 2.75) is 12.8 Å². The van der Waals surface area contributed by atoms with Gasteiger partial charge in [0, 0.05) is 44.3 Å². The van der Waals surface area contributed by atoms with Crippen LogP contribution in [0.15, 0.2) is 59.4 Å². The Morgan fingerprint density at radius 1 is 1.04 bits per heavy atom. The SMILES string of the molecule is CN(C)c1ccc(C=C2CCCN=C2c2cccnc2)cc1.Cl.Cl. The molecule has 1 aliphatic rings. The lowest BCUT2D eigenvalue weighted by Gasteiger charge is -2.17. The van der Waals surface area contributed by atoms with E-state index < -0.39 is 0 Å². The second kappa shape index (κ2) is 9.45. The van der Waals surface area contributed by atoms with E-state index in [1.807, 2.05) is 12.3 Å². The first-order chi connectivity index (χ1) is 10.7. The van der Waals surface area contributed by atoms with Crippen LogP contribution in [0.3, 0.4) is 0 Å². The lowest BCUT2D eigenvalue weighted by atomic mass is 9.95. The van der Waals surface area contributed by atoms with Gasteiger partial charge in [0.05, 0.1) is 5.71 Å². The molecule has 0 aliphatic carbocycles. The molecule has 0 N–H and O–H groups in total. The number of anilines is 1. The van der Waals surface area contributed by atoms with Gasteiger partial charge in [-0.3, -0.25) is 9.98 Å². The maximum absolute atomic E-state index is 4.72. The lowest BCUT2D eigenvalue weighted by Crippen LogP contribution is -2.12. The molecule has 0 spiro atoms. The molecule has 1 aliphatic heterocycles. The maximum atomic E-state index is 4.72. The van der Waals surface area contributed by atoms with Crippen molar-refractivity contribution in [2.24, 2.45) is 4.99 Å². The van der Waals surface area contributed by atoms with Gasteiger partial charge < -0.3 is 4.90 Å². The monoisotopic (exact) mass is 363 g/mol. The molecule has 2 heterocycles. The van der Waals surface area contributed by atoms with Gasteiger partial charge in [-0.05, 0) is 54.3 Å². The van der Waals surface area contributed by atoms with Crippen molar-refractivity contribution >= 4 is 42.3 Å². The number of hydrogen-bond acceptors (Lipinski definition) is 3. The Kier molecular flexibility index (Phi) is 7.96. The molecule has 1 aromatic heterocycles. The largest absolute Gasteiger partial charge is 0.378 e. The topological polar surface area (TPSA) is 28.5 Å². The number of pyridine rings is 1. The van der Waals surface area contributed by atoms with Gasteiger partial charge in [0.25, 0.3) is 0 Å². The fourth-order valence-electron chi connectivity index (χ4n) is 2.67. The highest BCUT2D eigenvalue weighted by Crippen LogP contribution is 2.22. The average Bonchev–Trinajstić information content (AvgIpc) is 2.57. The third-order valence-corrected chi connectivity index (χ3v) is 3.86. The quantitative estimate of drug-likeness (QED) is 0.793. The second-order valence-electron chi connectivity index (χ2n) is 5.73. The molecule has 3 rings (SSSR count). The van der Waals surface area contributed by atoms with Gasteiger partial charge in [-0.25, -0.2) is 0 Å². The highest BCUT2D eigenvalue weighted by molar-refractivity contribution is 6.15. The summed E-state index contributed by atoms with van der Waals surface area (Å²) < 4.78 is 0. The van der Waals surface area contributed by atoms with Crippen LogP contribution >= 0.6 is 24.8 Å². The molecule has 0 fully saturated rings. The Bertz CT molecular complexity index is 692. The first-order valence-electron chi connectivity index (χ1n) is 7.67. The number of hydrogen-bond donors (Lipinski definition) is 0. The predicted molar refractivity (Wildman–Crippen MR) is 108 cm³/mol. The van der Waals surface area contributed by atoms with E-state index in [9.17, 15) is 0 Å². The minimum Gasteiger partial charge on any atom is -0.378 e. The molecule has 0 atom stereocenters. The van der Waals surface area contributed by atoms with Gasteiger partial charge in [0.2, 0.25) is 0 Å². The summed E-state index contributed by atoms with van der Waals surface area (Å²) in [6, 6.07) is 12.7. The Morgan fingerprint density at radius 2 is 1.79 bits per heavy atom. The molecule has 128 valence electrons. The van der Waals surface area contributed by atoms with Crippen LogP contribution in [0.25, 0.3) is 6.08 Å². The summed E-state index contributed by atoms with van der Waals surface area (Å²) in [6.07, 6.45) is 8.14. The Hall–Kier alpha value is -1.84. The highest BCUT2D eigenvalue weighted by Gasteiger charge is 2.14. The molecule has 1 aromatic carbocycles. The fraction of sp³-hybridized carbons (Fsp3) is 0.263. The minimum absolute atomic E-state index is 0. The molecule has 5 heteroatoms. The summed E-state index contributed by atoms with van der Waals surface area (Å²) in [5, 5.41) is 0. The van der Waals surface area contributed by atoms with Crippen molar-refractivity contribution < 1.29 is 0 Å². The normalized spacial score (nSPS) is 15.1. The van der Waals surface area contributed by atoms with Gasteiger partial charge in [-0.15, -0.1) is 24.8 Å². The van der Waals surface area contributed by atoms with E-state index in [4.69, 9.17) is 4.99 Å². The molecule has 3 nitrogen and oxygen atoms in total. The van der Waals surface area contributed by atoms with Crippen molar-refractivity contribution in [3.63, 3.8) is 0 Å². The molecule has 0 saturated heterocycles. The van der Waals surface area contributed by atoms with Crippen LogP contribution in [0, 0.1) is 0 Å². The van der Waals surface area contributed by atoms with E-state index in [0.29, 0.717) is 0 Å². The Morgan fingerprint density at radius 3 is 2.42 bits per heavy atom. The number of allylic oxidation sites excluding steroid dienone is 1. The molecule has 0 saturated carbocycles. The Balaban J connectivity index is 0.00000144. The van der Waals surface area contributed by atoms with Crippen LogP contribution in [-0.4, -0.2) is 31.3 Å². The minimum atomic E-state index is 0. The van der Waals surface area contributed by atoms with Crippen LogP contribution in [0.5, 0.6) is 0 Å². The Labute approximate surface area is 156 Å². The van der Waals surface area contributed by atoms with E-state index in [1.54, 1.807) is 6.20 Å². The molecular formula is C19H23Cl2N3. The van der Waals surface area contributed by atoms with E-state index in [0.717, 1.165) is 30.7 Å². The summed E-state index contributed by atoms with van der Waals surface area (Å²) in [7, 11) is 4.11. The molecule has 0 unspecified atom stereocenters. The molecular weight excluding hydrogens is 341 g/mol. The number of rotatable bonds is 3. The number of aromatic nitrogens is 1. The van der Waals surface area contributed by atoms with Crippen molar-refractivity contribution in [1.82, 2.24) is 4.98 Å². The third-order valence-electron chi connectivity index (χ3n) is 3.86. The zero-order valence-corrected chi connectivity index (χ0v) is 15.6. The summed E-state index contributed by atoms with van der Waals surface area (Å²) in [5.74, 6) is 0. The smallest absolute Gasteiger partial charge is 0.0694 e.